The molecule has 1 aliphatic rings. The Hall–Kier alpha value is -0.420. The normalized spacial score (nSPS) is 18.1. The van der Waals surface area contributed by atoms with Gasteiger partial charge in [-0.3, -0.25) is 9.80 Å². The summed E-state index contributed by atoms with van der Waals surface area (Å²) < 4.78 is 1.16. The summed E-state index contributed by atoms with van der Waals surface area (Å²) in [5.41, 5.74) is 1.41. The van der Waals surface area contributed by atoms with Crippen molar-refractivity contribution >= 4 is 15.9 Å². The molecule has 0 amide bonds. The van der Waals surface area contributed by atoms with Gasteiger partial charge in [-0.15, -0.1) is 0 Å². The van der Waals surface area contributed by atoms with E-state index in [-0.39, 0.29) is 0 Å². The van der Waals surface area contributed by atoms with Crippen molar-refractivity contribution in [1.82, 2.24) is 14.7 Å². The van der Waals surface area contributed by atoms with Gasteiger partial charge >= 0.3 is 0 Å². The predicted octanol–water partition coefficient (Wildman–Crippen LogP) is 2.13. The van der Waals surface area contributed by atoms with Gasteiger partial charge in [-0.05, 0) is 31.8 Å². The van der Waals surface area contributed by atoms with Crippen LogP contribution in [0.4, 0.5) is 0 Å². The maximum absolute atomic E-state index is 3.48. The Bertz CT molecular complexity index is 369. The molecule has 1 fully saturated rings. The molecule has 0 bridgehead atoms. The van der Waals surface area contributed by atoms with Crippen molar-refractivity contribution in [3.63, 3.8) is 0 Å². The molecule has 0 radical (unpaired) electrons. The molecule has 1 heterocycles. The topological polar surface area (TPSA) is 9.72 Å². The number of benzene rings is 1. The number of rotatable bonds is 5. The lowest BCUT2D eigenvalue weighted by atomic mass is 10.2. The van der Waals surface area contributed by atoms with Crippen LogP contribution in [0.15, 0.2) is 28.7 Å². The van der Waals surface area contributed by atoms with Crippen molar-refractivity contribution in [3.8, 4) is 0 Å². The van der Waals surface area contributed by atoms with Gasteiger partial charge in [-0.25, -0.2) is 0 Å². The van der Waals surface area contributed by atoms with Gasteiger partial charge in [0.25, 0.3) is 0 Å². The minimum atomic E-state index is 1.08. The van der Waals surface area contributed by atoms with E-state index in [0.717, 1.165) is 17.6 Å². The van der Waals surface area contributed by atoms with Gasteiger partial charge in [0.2, 0.25) is 0 Å². The van der Waals surface area contributed by atoms with E-state index in [9.17, 15) is 0 Å². The van der Waals surface area contributed by atoms with Crippen molar-refractivity contribution < 1.29 is 0 Å². The van der Waals surface area contributed by atoms with Gasteiger partial charge in [0.1, 0.15) is 0 Å². The number of nitrogens with zero attached hydrogens (tertiary/aromatic N) is 3. The molecule has 1 aliphatic heterocycles. The summed E-state index contributed by atoms with van der Waals surface area (Å²) in [5.74, 6) is 0. The van der Waals surface area contributed by atoms with E-state index in [1.54, 1.807) is 0 Å². The van der Waals surface area contributed by atoms with Gasteiger partial charge in [0.15, 0.2) is 0 Å². The highest BCUT2D eigenvalue weighted by Crippen LogP contribution is 2.13. The molecule has 0 saturated carbocycles. The number of halogens is 1. The summed E-state index contributed by atoms with van der Waals surface area (Å²) in [5, 5.41) is 0. The summed E-state index contributed by atoms with van der Waals surface area (Å²) in [6.07, 6.45) is 0. The molecule has 0 N–H and O–H groups in total. The van der Waals surface area contributed by atoms with Crippen LogP contribution in [0.1, 0.15) is 5.56 Å². The molecular weight excluding hydrogens is 302 g/mol. The predicted molar refractivity (Wildman–Crippen MR) is 84.4 cm³/mol. The zero-order valence-electron chi connectivity index (χ0n) is 12.0. The molecule has 0 atom stereocenters. The first-order chi connectivity index (χ1) is 9.13. The van der Waals surface area contributed by atoms with E-state index in [0.29, 0.717) is 0 Å². The zero-order valence-corrected chi connectivity index (χ0v) is 13.6. The maximum Gasteiger partial charge on any atom is 0.0234 e. The number of likely N-dealkylation sites (N-methyl/N-ethyl adjacent to an activating group) is 1. The van der Waals surface area contributed by atoms with Crippen LogP contribution in [-0.2, 0) is 6.54 Å². The van der Waals surface area contributed by atoms with E-state index in [2.05, 4.69) is 69.0 Å². The highest BCUT2D eigenvalue weighted by molar-refractivity contribution is 9.10. The van der Waals surface area contributed by atoms with Crippen LogP contribution in [0.2, 0.25) is 0 Å². The average Bonchev–Trinajstić information content (AvgIpc) is 2.40. The lowest BCUT2D eigenvalue weighted by Crippen LogP contribution is -2.47. The fraction of sp³-hybridized carbons (Fsp3) is 0.600. The molecule has 106 valence electrons. The second-order valence-electron chi connectivity index (χ2n) is 5.55. The Balaban J connectivity index is 1.72. The van der Waals surface area contributed by atoms with Crippen molar-refractivity contribution in [1.29, 1.82) is 0 Å². The molecule has 4 heteroatoms. The van der Waals surface area contributed by atoms with E-state index >= 15 is 0 Å². The van der Waals surface area contributed by atoms with Crippen LogP contribution in [0.3, 0.4) is 0 Å². The summed E-state index contributed by atoms with van der Waals surface area (Å²) >= 11 is 3.48. The van der Waals surface area contributed by atoms with E-state index in [1.807, 2.05) is 0 Å². The molecule has 1 aromatic carbocycles. The monoisotopic (exact) mass is 325 g/mol. The third kappa shape index (κ3) is 5.22. The Kier molecular flexibility index (Phi) is 5.82. The second kappa shape index (κ2) is 7.39. The molecular formula is C15H24BrN3. The minimum Gasteiger partial charge on any atom is -0.308 e. The van der Waals surface area contributed by atoms with Crippen molar-refractivity contribution in [2.24, 2.45) is 0 Å². The van der Waals surface area contributed by atoms with Crippen LogP contribution >= 0.6 is 15.9 Å². The highest BCUT2D eigenvalue weighted by Gasteiger charge is 2.16. The summed E-state index contributed by atoms with van der Waals surface area (Å²) in [7, 11) is 4.29. The van der Waals surface area contributed by atoms with Crippen LogP contribution in [0.25, 0.3) is 0 Å². The molecule has 1 saturated heterocycles. The van der Waals surface area contributed by atoms with Gasteiger partial charge in [-0.1, -0.05) is 28.1 Å². The largest absolute Gasteiger partial charge is 0.308 e. The van der Waals surface area contributed by atoms with Gasteiger partial charge < -0.3 is 4.90 Å². The second-order valence-corrected chi connectivity index (χ2v) is 6.46. The molecule has 0 aromatic heterocycles. The van der Waals surface area contributed by atoms with Crippen molar-refractivity contribution in [2.75, 3.05) is 53.4 Å². The standard InChI is InChI=1S/C15H24BrN3/c1-17(2)7-8-18-9-11-19(12-10-18)13-14-3-5-15(16)6-4-14/h3-6H,7-13H2,1-2H3. The van der Waals surface area contributed by atoms with Crippen LogP contribution in [0.5, 0.6) is 0 Å². The Morgan fingerprint density at radius 1 is 1.00 bits per heavy atom. The third-order valence-electron chi connectivity index (χ3n) is 3.65. The molecule has 0 aliphatic carbocycles. The quantitative estimate of drug-likeness (QED) is 0.821. The third-order valence-corrected chi connectivity index (χ3v) is 4.18. The zero-order chi connectivity index (χ0) is 13.7. The van der Waals surface area contributed by atoms with E-state index in [1.165, 1.54) is 38.3 Å². The number of hydrogen-bond acceptors (Lipinski definition) is 3. The van der Waals surface area contributed by atoms with Gasteiger partial charge in [0.05, 0.1) is 0 Å². The molecule has 1 aromatic rings. The smallest absolute Gasteiger partial charge is 0.0234 e. The highest BCUT2D eigenvalue weighted by atomic mass is 79.9. The summed E-state index contributed by atoms with van der Waals surface area (Å²) in [6.45, 7) is 8.20. The van der Waals surface area contributed by atoms with Crippen molar-refractivity contribution in [2.45, 2.75) is 6.54 Å². The van der Waals surface area contributed by atoms with Crippen LogP contribution < -0.4 is 0 Å². The van der Waals surface area contributed by atoms with E-state index < -0.39 is 0 Å². The summed E-state index contributed by atoms with van der Waals surface area (Å²) in [6, 6.07) is 8.68. The van der Waals surface area contributed by atoms with E-state index in [4.69, 9.17) is 0 Å². The molecule has 0 unspecified atom stereocenters. The van der Waals surface area contributed by atoms with Gasteiger partial charge in [0, 0.05) is 50.3 Å². The molecule has 3 nitrogen and oxygen atoms in total. The summed E-state index contributed by atoms with van der Waals surface area (Å²) in [4.78, 5) is 7.38. The number of hydrogen-bond donors (Lipinski definition) is 0. The van der Waals surface area contributed by atoms with Crippen LogP contribution in [0, 0.1) is 0 Å². The number of piperazine rings is 1. The Morgan fingerprint density at radius 3 is 2.16 bits per heavy atom. The first-order valence-corrected chi connectivity index (χ1v) is 7.76. The maximum atomic E-state index is 3.48. The fourth-order valence-corrected chi connectivity index (χ4v) is 2.62. The lowest BCUT2D eigenvalue weighted by molar-refractivity contribution is 0.120. The minimum absolute atomic E-state index is 1.08. The van der Waals surface area contributed by atoms with Gasteiger partial charge in [-0.2, -0.15) is 0 Å². The Labute approximate surface area is 125 Å². The first kappa shape index (κ1) is 15.0. The molecule has 2 rings (SSSR count). The molecule has 0 spiro atoms. The SMILES string of the molecule is CN(C)CCN1CCN(Cc2ccc(Br)cc2)CC1. The molecule has 19 heavy (non-hydrogen) atoms. The fourth-order valence-electron chi connectivity index (χ4n) is 2.36. The average molecular weight is 326 g/mol. The van der Waals surface area contributed by atoms with Crippen LogP contribution in [-0.4, -0.2) is 68.1 Å². The lowest BCUT2D eigenvalue weighted by Gasteiger charge is -2.35. The first-order valence-electron chi connectivity index (χ1n) is 6.97. The Morgan fingerprint density at radius 2 is 1.58 bits per heavy atom. The van der Waals surface area contributed by atoms with Crippen molar-refractivity contribution in [3.05, 3.63) is 34.3 Å².